The molecule has 0 saturated carbocycles. The van der Waals surface area contributed by atoms with Crippen LogP contribution in [0.25, 0.3) is 34.2 Å². The predicted molar refractivity (Wildman–Crippen MR) is 101 cm³/mol. The molecule has 0 unspecified atom stereocenters. The van der Waals surface area contributed by atoms with Gasteiger partial charge < -0.3 is 9.97 Å². The van der Waals surface area contributed by atoms with Gasteiger partial charge in [-0.15, -0.1) is 0 Å². The van der Waals surface area contributed by atoms with Crippen molar-refractivity contribution in [2.45, 2.75) is 9.79 Å². The lowest BCUT2D eigenvalue weighted by molar-refractivity contribution is 0.481. The first-order valence-corrected chi connectivity index (χ1v) is 10.6. The number of aromatic amines is 2. The van der Waals surface area contributed by atoms with Gasteiger partial charge in [-0.2, -0.15) is 16.8 Å². The molecule has 0 aliphatic rings. The first-order valence-electron chi connectivity index (χ1n) is 7.72. The zero-order valence-electron chi connectivity index (χ0n) is 13.9. The average Bonchev–Trinajstić information content (AvgIpc) is 3.19. The third kappa shape index (κ3) is 3.53. The number of aromatic nitrogens is 4. The van der Waals surface area contributed by atoms with Crippen molar-refractivity contribution in [3.63, 3.8) is 0 Å². The van der Waals surface area contributed by atoms with Crippen LogP contribution in [0.2, 0.25) is 0 Å². The Kier molecular flexibility index (Phi) is 4.08. The fourth-order valence-electron chi connectivity index (χ4n) is 2.65. The van der Waals surface area contributed by atoms with Crippen molar-refractivity contribution in [3.8, 4) is 0 Å². The lowest BCUT2D eigenvalue weighted by Gasteiger charge is -1.95. The molecule has 12 heteroatoms. The largest absolute Gasteiger partial charge is 0.338 e. The Morgan fingerprint density at radius 1 is 0.714 bits per heavy atom. The minimum atomic E-state index is -4.31. The summed E-state index contributed by atoms with van der Waals surface area (Å²) in [7, 11) is -8.62. The highest BCUT2D eigenvalue weighted by Gasteiger charge is 2.12. The van der Waals surface area contributed by atoms with Gasteiger partial charge in [0.1, 0.15) is 11.6 Å². The maximum Gasteiger partial charge on any atom is 0.294 e. The summed E-state index contributed by atoms with van der Waals surface area (Å²) in [5, 5.41) is 0. The number of rotatable bonds is 4. The summed E-state index contributed by atoms with van der Waals surface area (Å²) in [6, 6.07) is 7.96. The molecular weight excluding hydrogens is 408 g/mol. The van der Waals surface area contributed by atoms with Gasteiger partial charge in [0.25, 0.3) is 20.2 Å². The molecule has 0 saturated heterocycles. The number of nitrogens with zero attached hydrogens (tertiary/aromatic N) is 2. The Morgan fingerprint density at radius 3 is 1.46 bits per heavy atom. The van der Waals surface area contributed by atoms with Crippen molar-refractivity contribution in [3.05, 3.63) is 48.0 Å². The fourth-order valence-corrected chi connectivity index (χ4v) is 3.67. The third-order valence-electron chi connectivity index (χ3n) is 3.94. The van der Waals surface area contributed by atoms with E-state index in [4.69, 9.17) is 9.11 Å². The van der Waals surface area contributed by atoms with Crippen LogP contribution in [0.1, 0.15) is 11.6 Å². The van der Waals surface area contributed by atoms with Gasteiger partial charge >= 0.3 is 0 Å². The minimum Gasteiger partial charge on any atom is -0.338 e. The van der Waals surface area contributed by atoms with E-state index >= 15 is 0 Å². The molecule has 28 heavy (non-hydrogen) atoms. The van der Waals surface area contributed by atoms with E-state index in [-0.39, 0.29) is 9.79 Å². The number of nitrogens with one attached hydrogen (secondary N) is 2. The molecule has 2 aromatic heterocycles. The summed E-state index contributed by atoms with van der Waals surface area (Å²) >= 11 is 0. The highest BCUT2D eigenvalue weighted by atomic mass is 32.2. The van der Waals surface area contributed by atoms with E-state index in [1.165, 1.54) is 36.4 Å². The van der Waals surface area contributed by atoms with E-state index in [9.17, 15) is 16.8 Å². The Morgan fingerprint density at radius 2 is 1.11 bits per heavy atom. The summed E-state index contributed by atoms with van der Waals surface area (Å²) in [6.07, 6.45) is 3.18. The number of hydrogen-bond donors (Lipinski definition) is 4. The van der Waals surface area contributed by atoms with Crippen molar-refractivity contribution in [2.75, 3.05) is 0 Å². The number of benzene rings is 2. The third-order valence-corrected chi connectivity index (χ3v) is 5.64. The van der Waals surface area contributed by atoms with Gasteiger partial charge in [-0.1, -0.05) is 0 Å². The second kappa shape index (κ2) is 6.24. The summed E-state index contributed by atoms with van der Waals surface area (Å²) in [5.74, 6) is 0.836. The minimum absolute atomic E-state index is 0.244. The maximum absolute atomic E-state index is 11.2. The topological polar surface area (TPSA) is 166 Å². The number of hydrogen-bond acceptors (Lipinski definition) is 6. The average molecular weight is 420 g/mol. The molecule has 4 rings (SSSR count). The molecule has 4 N–H and O–H groups in total. The fraction of sp³-hybridized carbons (Fsp3) is 0. The summed E-state index contributed by atoms with van der Waals surface area (Å²) in [6.45, 7) is 0. The van der Waals surface area contributed by atoms with Crippen molar-refractivity contribution in [2.24, 2.45) is 0 Å². The summed E-state index contributed by atoms with van der Waals surface area (Å²) in [4.78, 5) is 13.9. The van der Waals surface area contributed by atoms with E-state index in [1.54, 1.807) is 12.2 Å². The van der Waals surface area contributed by atoms with Crippen LogP contribution in [-0.4, -0.2) is 45.9 Å². The van der Waals surface area contributed by atoms with Crippen molar-refractivity contribution >= 4 is 54.5 Å². The second-order valence-corrected chi connectivity index (χ2v) is 8.73. The highest BCUT2D eigenvalue weighted by molar-refractivity contribution is 7.86. The molecule has 0 atom stereocenters. The molecule has 0 fully saturated rings. The predicted octanol–water partition coefficient (Wildman–Crippen LogP) is 2.10. The Labute approximate surface area is 158 Å². The molecule has 10 nitrogen and oxygen atoms in total. The van der Waals surface area contributed by atoms with Crippen LogP contribution in [0.15, 0.2) is 46.2 Å². The maximum atomic E-state index is 11.2. The van der Waals surface area contributed by atoms with Gasteiger partial charge in [0.2, 0.25) is 0 Å². The number of H-pyrrole nitrogens is 2. The highest BCUT2D eigenvalue weighted by Crippen LogP contribution is 2.20. The molecule has 0 spiro atoms. The lowest BCUT2D eigenvalue weighted by Crippen LogP contribution is -1.97. The van der Waals surface area contributed by atoms with E-state index in [0.29, 0.717) is 33.7 Å². The molecule has 0 radical (unpaired) electrons. The Hall–Kier alpha value is -3.06. The van der Waals surface area contributed by atoms with E-state index in [2.05, 4.69) is 19.9 Å². The zero-order chi connectivity index (χ0) is 20.1. The smallest absolute Gasteiger partial charge is 0.294 e. The molecule has 0 aliphatic carbocycles. The van der Waals surface area contributed by atoms with Crippen LogP contribution < -0.4 is 0 Å². The van der Waals surface area contributed by atoms with Gasteiger partial charge in [-0.25, -0.2) is 9.97 Å². The molecule has 0 bridgehead atoms. The van der Waals surface area contributed by atoms with Crippen molar-refractivity contribution in [1.82, 2.24) is 19.9 Å². The van der Waals surface area contributed by atoms with E-state index < -0.39 is 20.2 Å². The van der Waals surface area contributed by atoms with Crippen molar-refractivity contribution in [1.29, 1.82) is 0 Å². The first-order chi connectivity index (χ1) is 13.1. The molecule has 0 amide bonds. The molecular formula is C16H12N4O6S2. The van der Waals surface area contributed by atoms with Gasteiger partial charge in [-0.05, 0) is 48.6 Å². The van der Waals surface area contributed by atoms with Crippen molar-refractivity contribution < 1.29 is 25.9 Å². The number of fused-ring (bicyclic) bond motifs is 2. The van der Waals surface area contributed by atoms with E-state index in [1.807, 2.05) is 0 Å². The van der Waals surface area contributed by atoms with Gasteiger partial charge in [0.15, 0.2) is 0 Å². The quantitative estimate of drug-likeness (QED) is 0.364. The molecule has 2 aromatic carbocycles. The second-order valence-electron chi connectivity index (χ2n) is 5.89. The Bertz CT molecular complexity index is 1350. The monoisotopic (exact) mass is 420 g/mol. The zero-order valence-corrected chi connectivity index (χ0v) is 15.5. The summed E-state index contributed by atoms with van der Waals surface area (Å²) in [5.41, 5.74) is 1.87. The lowest BCUT2D eigenvalue weighted by atomic mass is 10.3. The van der Waals surface area contributed by atoms with Gasteiger partial charge in [0, 0.05) is 0 Å². The van der Waals surface area contributed by atoms with Crippen LogP contribution in [-0.2, 0) is 20.2 Å². The van der Waals surface area contributed by atoms with Crippen LogP contribution in [0.5, 0.6) is 0 Å². The van der Waals surface area contributed by atoms with Crippen LogP contribution >= 0.6 is 0 Å². The SMILES string of the molecule is O=S(=O)(O)c1ccc2nc(C=Cc3nc4ccc(S(=O)(=O)O)cc4[nH]3)[nH]c2c1. The van der Waals surface area contributed by atoms with Crippen LogP contribution in [0.3, 0.4) is 0 Å². The van der Waals surface area contributed by atoms with Gasteiger partial charge in [-0.3, -0.25) is 9.11 Å². The van der Waals surface area contributed by atoms with Gasteiger partial charge in [0.05, 0.1) is 31.9 Å². The van der Waals surface area contributed by atoms with E-state index in [0.717, 1.165) is 0 Å². The van der Waals surface area contributed by atoms with Crippen LogP contribution in [0.4, 0.5) is 0 Å². The normalized spacial score (nSPS) is 13.1. The number of imidazole rings is 2. The van der Waals surface area contributed by atoms with Crippen LogP contribution in [0, 0.1) is 0 Å². The molecule has 144 valence electrons. The Balaban J connectivity index is 1.67. The molecule has 0 aliphatic heterocycles. The molecule has 2 heterocycles. The standard InChI is InChI=1S/C16H12N4O6S2/c21-27(22,23)9-1-3-11-13(7-9)19-15(17-11)5-6-16-18-12-4-2-10(28(24,25)26)8-14(12)20-16/h1-8H,(H,17,19)(H,18,20)(H,21,22,23)(H,24,25,26). The first kappa shape index (κ1) is 18.3. The summed E-state index contributed by atoms with van der Waals surface area (Å²) < 4.78 is 63.0. The molecule has 4 aromatic rings.